The number of hydrogen-bond donors (Lipinski definition) is 2. The van der Waals surface area contributed by atoms with Crippen LogP contribution >= 0.6 is 0 Å². The van der Waals surface area contributed by atoms with Gasteiger partial charge in [0.15, 0.2) is 0 Å². The van der Waals surface area contributed by atoms with Crippen LogP contribution in [-0.4, -0.2) is 21.3 Å². The largest absolute Gasteiger partial charge is 0.352 e. The van der Waals surface area contributed by atoms with Crippen LogP contribution in [0.5, 0.6) is 0 Å². The third-order valence-electron chi connectivity index (χ3n) is 2.93. The van der Waals surface area contributed by atoms with E-state index >= 15 is 0 Å². The van der Waals surface area contributed by atoms with Crippen molar-refractivity contribution in [2.75, 3.05) is 0 Å². The van der Waals surface area contributed by atoms with Crippen LogP contribution in [0.3, 0.4) is 0 Å². The minimum atomic E-state index is -0.0272. The molecule has 0 fully saturated rings. The van der Waals surface area contributed by atoms with Gasteiger partial charge in [-0.2, -0.15) is 15.4 Å². The monoisotopic (exact) mass is 258 g/mol. The minimum absolute atomic E-state index is 0.0272. The fourth-order valence-electron chi connectivity index (χ4n) is 2.02. The SMILES string of the molecule is CCCc1ccc(CNC(C)=O)cc1-c1cn[nH]n1. The van der Waals surface area contributed by atoms with Crippen LogP contribution in [0.15, 0.2) is 24.4 Å². The molecule has 0 aliphatic rings. The molecule has 2 rings (SSSR count). The molecule has 0 bridgehead atoms. The van der Waals surface area contributed by atoms with E-state index in [1.807, 2.05) is 6.07 Å². The maximum Gasteiger partial charge on any atom is 0.217 e. The summed E-state index contributed by atoms with van der Waals surface area (Å²) in [5, 5.41) is 13.4. The number of H-pyrrole nitrogens is 1. The molecule has 2 N–H and O–H groups in total. The highest BCUT2D eigenvalue weighted by atomic mass is 16.1. The van der Waals surface area contributed by atoms with Crippen LogP contribution < -0.4 is 5.32 Å². The maximum absolute atomic E-state index is 11.0. The Morgan fingerprint density at radius 2 is 2.26 bits per heavy atom. The van der Waals surface area contributed by atoms with Crippen LogP contribution in [0.2, 0.25) is 0 Å². The summed E-state index contributed by atoms with van der Waals surface area (Å²) in [5.74, 6) is -0.0272. The first-order valence-electron chi connectivity index (χ1n) is 6.43. The zero-order valence-electron chi connectivity index (χ0n) is 11.2. The highest BCUT2D eigenvalue weighted by Gasteiger charge is 2.08. The molecule has 0 radical (unpaired) electrons. The van der Waals surface area contributed by atoms with Crippen molar-refractivity contribution in [2.45, 2.75) is 33.2 Å². The van der Waals surface area contributed by atoms with Gasteiger partial charge in [-0.25, -0.2) is 0 Å². The van der Waals surface area contributed by atoms with Crippen molar-refractivity contribution in [3.8, 4) is 11.3 Å². The van der Waals surface area contributed by atoms with Gasteiger partial charge in [0.1, 0.15) is 5.69 Å². The van der Waals surface area contributed by atoms with Crippen molar-refractivity contribution in [1.29, 1.82) is 0 Å². The Morgan fingerprint density at radius 1 is 1.42 bits per heavy atom. The van der Waals surface area contributed by atoms with Gasteiger partial charge < -0.3 is 5.32 Å². The standard InChI is InChI=1S/C14H18N4O/c1-3-4-12-6-5-11(8-15-10(2)19)7-13(12)14-9-16-18-17-14/h5-7,9H,3-4,8H2,1-2H3,(H,15,19)(H,16,17,18). The molecule has 1 aromatic carbocycles. The van der Waals surface area contributed by atoms with Crippen LogP contribution in [0, 0.1) is 0 Å². The van der Waals surface area contributed by atoms with Crippen LogP contribution in [-0.2, 0) is 17.8 Å². The number of rotatable bonds is 5. The van der Waals surface area contributed by atoms with Gasteiger partial charge in [0.25, 0.3) is 0 Å². The lowest BCUT2D eigenvalue weighted by Crippen LogP contribution is -2.18. The third-order valence-corrected chi connectivity index (χ3v) is 2.93. The summed E-state index contributed by atoms with van der Waals surface area (Å²) in [6.45, 7) is 4.20. The van der Waals surface area contributed by atoms with E-state index in [0.717, 1.165) is 29.7 Å². The topological polar surface area (TPSA) is 70.7 Å². The molecule has 19 heavy (non-hydrogen) atoms. The number of nitrogens with one attached hydrogen (secondary N) is 2. The first-order valence-corrected chi connectivity index (χ1v) is 6.43. The predicted molar refractivity (Wildman–Crippen MR) is 73.3 cm³/mol. The molecule has 5 nitrogen and oxygen atoms in total. The lowest BCUT2D eigenvalue weighted by molar-refractivity contribution is -0.119. The molecule has 100 valence electrons. The van der Waals surface area contributed by atoms with E-state index in [0.29, 0.717) is 6.54 Å². The molecule has 1 heterocycles. The molecule has 0 saturated carbocycles. The van der Waals surface area contributed by atoms with Gasteiger partial charge in [0.2, 0.25) is 5.91 Å². The molecule has 0 aliphatic heterocycles. The first-order chi connectivity index (χ1) is 9.20. The normalized spacial score (nSPS) is 10.4. The fraction of sp³-hybridized carbons (Fsp3) is 0.357. The van der Waals surface area contributed by atoms with Gasteiger partial charge in [0, 0.05) is 19.0 Å². The Hall–Kier alpha value is -2.17. The van der Waals surface area contributed by atoms with Crippen molar-refractivity contribution in [1.82, 2.24) is 20.7 Å². The molecule has 0 unspecified atom stereocenters. The van der Waals surface area contributed by atoms with E-state index in [1.165, 1.54) is 12.5 Å². The van der Waals surface area contributed by atoms with Crippen LogP contribution in [0.1, 0.15) is 31.4 Å². The Kier molecular flexibility index (Phi) is 4.28. The smallest absolute Gasteiger partial charge is 0.217 e. The number of carbonyl (C=O) groups excluding carboxylic acids is 1. The van der Waals surface area contributed by atoms with Crippen LogP contribution in [0.25, 0.3) is 11.3 Å². The molecular weight excluding hydrogens is 240 g/mol. The average molecular weight is 258 g/mol. The third kappa shape index (κ3) is 3.40. The first kappa shape index (κ1) is 13.3. The van der Waals surface area contributed by atoms with Gasteiger partial charge in [0.05, 0.1) is 6.20 Å². The van der Waals surface area contributed by atoms with Crippen molar-refractivity contribution in [3.05, 3.63) is 35.5 Å². The summed E-state index contributed by atoms with van der Waals surface area (Å²) in [7, 11) is 0. The number of aromatic nitrogens is 3. The molecule has 0 spiro atoms. The Bertz CT molecular complexity index is 549. The highest BCUT2D eigenvalue weighted by molar-refractivity contribution is 5.73. The Labute approximate surface area is 112 Å². The van der Waals surface area contributed by atoms with E-state index in [1.54, 1.807) is 6.20 Å². The summed E-state index contributed by atoms with van der Waals surface area (Å²) in [6.07, 6.45) is 3.80. The summed E-state index contributed by atoms with van der Waals surface area (Å²) < 4.78 is 0. The number of aryl methyl sites for hydroxylation is 1. The van der Waals surface area contributed by atoms with E-state index in [4.69, 9.17) is 0 Å². The van der Waals surface area contributed by atoms with Crippen molar-refractivity contribution < 1.29 is 4.79 Å². The fourth-order valence-corrected chi connectivity index (χ4v) is 2.02. The van der Waals surface area contributed by atoms with Gasteiger partial charge in [-0.1, -0.05) is 25.5 Å². The van der Waals surface area contributed by atoms with Crippen LogP contribution in [0.4, 0.5) is 0 Å². The van der Waals surface area contributed by atoms with Crippen molar-refractivity contribution >= 4 is 5.91 Å². The summed E-state index contributed by atoms with van der Waals surface area (Å²) >= 11 is 0. The number of aromatic amines is 1. The molecule has 2 aromatic rings. The molecular formula is C14H18N4O. The number of nitrogens with zero attached hydrogens (tertiary/aromatic N) is 2. The number of benzene rings is 1. The summed E-state index contributed by atoms with van der Waals surface area (Å²) in [4.78, 5) is 11.0. The lowest BCUT2D eigenvalue weighted by atomic mass is 9.98. The maximum atomic E-state index is 11.0. The quantitative estimate of drug-likeness (QED) is 0.862. The van der Waals surface area contributed by atoms with E-state index in [2.05, 4.69) is 39.8 Å². The van der Waals surface area contributed by atoms with Gasteiger partial charge in [-0.3, -0.25) is 4.79 Å². The zero-order valence-corrected chi connectivity index (χ0v) is 11.2. The van der Waals surface area contributed by atoms with Crippen molar-refractivity contribution in [3.63, 3.8) is 0 Å². The lowest BCUT2D eigenvalue weighted by Gasteiger charge is -2.09. The molecule has 1 aromatic heterocycles. The number of hydrogen-bond acceptors (Lipinski definition) is 3. The molecule has 0 atom stereocenters. The van der Waals surface area contributed by atoms with Crippen molar-refractivity contribution in [2.24, 2.45) is 0 Å². The number of carbonyl (C=O) groups is 1. The van der Waals surface area contributed by atoms with E-state index in [-0.39, 0.29) is 5.91 Å². The highest BCUT2D eigenvalue weighted by Crippen LogP contribution is 2.23. The second-order valence-electron chi connectivity index (χ2n) is 4.51. The molecule has 1 amide bonds. The van der Waals surface area contributed by atoms with E-state index < -0.39 is 0 Å². The molecule has 0 aliphatic carbocycles. The second kappa shape index (κ2) is 6.13. The second-order valence-corrected chi connectivity index (χ2v) is 4.51. The summed E-state index contributed by atoms with van der Waals surface area (Å²) in [5.41, 5.74) is 4.24. The molecule has 5 heteroatoms. The summed E-state index contributed by atoms with van der Waals surface area (Å²) in [6, 6.07) is 6.22. The predicted octanol–water partition coefficient (Wildman–Crippen LogP) is 2.06. The van der Waals surface area contributed by atoms with Gasteiger partial charge >= 0.3 is 0 Å². The van der Waals surface area contributed by atoms with E-state index in [9.17, 15) is 4.79 Å². The average Bonchev–Trinajstić information content (AvgIpc) is 2.91. The number of amides is 1. The zero-order chi connectivity index (χ0) is 13.7. The van der Waals surface area contributed by atoms with Gasteiger partial charge in [-0.15, -0.1) is 0 Å². The Balaban J connectivity index is 2.30. The Morgan fingerprint density at radius 3 is 2.89 bits per heavy atom. The molecule has 0 saturated heterocycles. The minimum Gasteiger partial charge on any atom is -0.352 e. The van der Waals surface area contributed by atoms with Gasteiger partial charge in [-0.05, 0) is 23.6 Å².